The van der Waals surface area contributed by atoms with Crippen LogP contribution in [-0.4, -0.2) is 31.0 Å². The lowest BCUT2D eigenvalue weighted by Crippen LogP contribution is -2.21. The zero-order valence-corrected chi connectivity index (χ0v) is 10.9. The van der Waals surface area contributed by atoms with Gasteiger partial charge in [0.2, 0.25) is 10.0 Å². The lowest BCUT2D eigenvalue weighted by Gasteiger charge is -2.08. The summed E-state index contributed by atoms with van der Waals surface area (Å²) in [5.41, 5.74) is 6.15. The molecule has 0 atom stereocenters. The molecule has 2 rings (SSSR count). The highest BCUT2D eigenvalue weighted by Gasteiger charge is 2.11. The van der Waals surface area contributed by atoms with Crippen LogP contribution in [0, 0.1) is 0 Å². The van der Waals surface area contributed by atoms with E-state index in [0.717, 1.165) is 0 Å². The molecule has 1 aromatic heterocycles. The van der Waals surface area contributed by atoms with Crippen molar-refractivity contribution in [2.24, 2.45) is 0 Å². The van der Waals surface area contributed by atoms with Crippen molar-refractivity contribution in [1.82, 2.24) is 10.2 Å². The first-order valence-corrected chi connectivity index (χ1v) is 7.19. The molecule has 0 bridgehead atoms. The van der Waals surface area contributed by atoms with Crippen LogP contribution in [0.4, 0.5) is 11.5 Å². The third-order valence-corrected chi connectivity index (χ3v) is 3.48. The number of nitrogens with zero attached hydrogens (tertiary/aromatic N) is 1. The molecule has 1 heterocycles. The molecule has 0 aliphatic heterocycles. The number of benzene rings is 1. The number of ether oxygens (including phenoxy) is 1. The lowest BCUT2D eigenvalue weighted by molar-refractivity contribution is 0.341. The maximum atomic E-state index is 11.7. The molecule has 1 aromatic carbocycles. The molecule has 0 aliphatic carbocycles. The number of sulfonamides is 1. The van der Waals surface area contributed by atoms with Crippen LogP contribution in [0.25, 0.3) is 0 Å². The number of nitrogens with two attached hydrogens (primary N) is 1. The number of H-pyrrole nitrogens is 1. The Hall–Kier alpha value is -2.22. The predicted octanol–water partition coefficient (Wildman–Crippen LogP) is 0.813. The Morgan fingerprint density at radius 2 is 2.21 bits per heavy atom. The summed E-state index contributed by atoms with van der Waals surface area (Å²) in [7, 11) is -3.46. The second-order valence-electron chi connectivity index (χ2n) is 3.81. The third kappa shape index (κ3) is 4.18. The molecular formula is C11H14N4O3S. The Bertz CT molecular complexity index is 625. The maximum absolute atomic E-state index is 11.7. The first-order chi connectivity index (χ1) is 9.05. The second-order valence-corrected chi connectivity index (χ2v) is 5.65. The summed E-state index contributed by atoms with van der Waals surface area (Å²) in [5, 5.41) is 6.16. The van der Waals surface area contributed by atoms with Crippen LogP contribution in [0.3, 0.4) is 0 Å². The summed E-state index contributed by atoms with van der Waals surface area (Å²) in [6.45, 7) is 0.0346. The minimum absolute atomic E-state index is 0.0346. The van der Waals surface area contributed by atoms with Crippen LogP contribution in [0.2, 0.25) is 0 Å². The van der Waals surface area contributed by atoms with Gasteiger partial charge in [0.1, 0.15) is 23.9 Å². The van der Waals surface area contributed by atoms with E-state index in [2.05, 4.69) is 14.9 Å². The molecule has 0 spiro atoms. The van der Waals surface area contributed by atoms with Gasteiger partial charge in [-0.05, 0) is 12.1 Å². The van der Waals surface area contributed by atoms with E-state index < -0.39 is 10.0 Å². The smallest absolute Gasteiger partial charge is 0.237 e. The minimum atomic E-state index is -3.46. The Labute approximate surface area is 110 Å². The molecule has 0 saturated heterocycles. The molecule has 4 N–H and O–H groups in total. The second kappa shape index (κ2) is 5.61. The molecule has 0 amide bonds. The zero-order valence-electron chi connectivity index (χ0n) is 10.0. The van der Waals surface area contributed by atoms with Crippen LogP contribution in [-0.2, 0) is 10.0 Å². The molecule has 0 unspecified atom stereocenters. The van der Waals surface area contributed by atoms with Crippen molar-refractivity contribution in [1.29, 1.82) is 0 Å². The molecule has 2 aromatic rings. The standard InChI is InChI=1S/C11H14N4O3S/c12-9-2-1-3-10(8-9)18-6-7-19(16,17)15-11-4-5-13-14-11/h1-5,8H,6-7,12H2,(H2,13,14,15). The Kier molecular flexibility index (Phi) is 3.91. The van der Waals surface area contributed by atoms with E-state index >= 15 is 0 Å². The van der Waals surface area contributed by atoms with Gasteiger partial charge in [0.05, 0.1) is 6.20 Å². The van der Waals surface area contributed by atoms with Crippen molar-refractivity contribution in [3.8, 4) is 5.75 Å². The summed E-state index contributed by atoms with van der Waals surface area (Å²) in [6, 6.07) is 8.34. The number of rotatable bonds is 6. The summed E-state index contributed by atoms with van der Waals surface area (Å²) >= 11 is 0. The number of nitrogen functional groups attached to an aromatic ring is 1. The van der Waals surface area contributed by atoms with Crippen LogP contribution in [0.15, 0.2) is 36.5 Å². The molecule has 102 valence electrons. The Morgan fingerprint density at radius 1 is 1.37 bits per heavy atom. The fraction of sp³-hybridized carbons (Fsp3) is 0.182. The molecule has 19 heavy (non-hydrogen) atoms. The summed E-state index contributed by atoms with van der Waals surface area (Å²) in [6.07, 6.45) is 1.46. The molecule has 7 nitrogen and oxygen atoms in total. The minimum Gasteiger partial charge on any atom is -0.492 e. The van der Waals surface area contributed by atoms with E-state index in [1.165, 1.54) is 12.3 Å². The number of hydrogen-bond acceptors (Lipinski definition) is 5. The number of anilines is 2. The zero-order chi connectivity index (χ0) is 13.7. The highest BCUT2D eigenvalue weighted by Crippen LogP contribution is 2.14. The van der Waals surface area contributed by atoms with Crippen molar-refractivity contribution < 1.29 is 13.2 Å². The van der Waals surface area contributed by atoms with Gasteiger partial charge in [0.25, 0.3) is 0 Å². The van der Waals surface area contributed by atoms with Crippen molar-refractivity contribution in [3.05, 3.63) is 36.5 Å². The molecular weight excluding hydrogens is 268 g/mol. The first-order valence-electron chi connectivity index (χ1n) is 5.53. The van der Waals surface area contributed by atoms with E-state index in [-0.39, 0.29) is 12.4 Å². The fourth-order valence-electron chi connectivity index (χ4n) is 1.40. The van der Waals surface area contributed by atoms with E-state index in [0.29, 0.717) is 17.3 Å². The summed E-state index contributed by atoms with van der Waals surface area (Å²) in [4.78, 5) is 0. The largest absolute Gasteiger partial charge is 0.492 e. The predicted molar refractivity (Wildman–Crippen MR) is 72.3 cm³/mol. The molecule has 8 heteroatoms. The molecule has 0 aliphatic rings. The van der Waals surface area contributed by atoms with Crippen LogP contribution < -0.4 is 15.2 Å². The quantitative estimate of drug-likeness (QED) is 0.679. The number of aromatic nitrogens is 2. The topological polar surface area (TPSA) is 110 Å². The van der Waals surface area contributed by atoms with Crippen molar-refractivity contribution >= 4 is 21.5 Å². The van der Waals surface area contributed by atoms with Crippen molar-refractivity contribution in [3.63, 3.8) is 0 Å². The van der Waals surface area contributed by atoms with Gasteiger partial charge in [-0.3, -0.25) is 9.82 Å². The van der Waals surface area contributed by atoms with Gasteiger partial charge < -0.3 is 10.5 Å². The van der Waals surface area contributed by atoms with Crippen LogP contribution in [0.5, 0.6) is 5.75 Å². The van der Waals surface area contributed by atoms with Gasteiger partial charge in [0.15, 0.2) is 0 Å². The van der Waals surface area contributed by atoms with Crippen LogP contribution in [0.1, 0.15) is 0 Å². The lowest BCUT2D eigenvalue weighted by atomic mass is 10.3. The Balaban J connectivity index is 1.85. The average Bonchev–Trinajstić information content (AvgIpc) is 2.80. The number of aromatic amines is 1. The molecule has 0 saturated carbocycles. The average molecular weight is 282 g/mol. The van der Waals surface area contributed by atoms with E-state index in [4.69, 9.17) is 10.5 Å². The van der Waals surface area contributed by atoms with Gasteiger partial charge >= 0.3 is 0 Å². The highest BCUT2D eigenvalue weighted by atomic mass is 32.2. The van der Waals surface area contributed by atoms with Gasteiger partial charge in [0, 0.05) is 17.8 Å². The van der Waals surface area contributed by atoms with E-state index in [1.54, 1.807) is 24.3 Å². The van der Waals surface area contributed by atoms with Crippen LogP contribution >= 0.6 is 0 Å². The SMILES string of the molecule is Nc1cccc(OCCS(=O)(=O)Nc2ccn[nH]2)c1. The highest BCUT2D eigenvalue weighted by molar-refractivity contribution is 7.92. The summed E-state index contributed by atoms with van der Waals surface area (Å²) < 4.78 is 31.0. The third-order valence-electron chi connectivity index (χ3n) is 2.25. The van der Waals surface area contributed by atoms with Gasteiger partial charge in [-0.25, -0.2) is 8.42 Å². The van der Waals surface area contributed by atoms with Gasteiger partial charge in [-0.1, -0.05) is 6.07 Å². The van der Waals surface area contributed by atoms with Crippen molar-refractivity contribution in [2.75, 3.05) is 22.8 Å². The van der Waals surface area contributed by atoms with E-state index in [9.17, 15) is 8.42 Å². The van der Waals surface area contributed by atoms with E-state index in [1.807, 2.05) is 0 Å². The fourth-order valence-corrected chi connectivity index (χ4v) is 2.26. The normalized spacial score (nSPS) is 11.2. The summed E-state index contributed by atoms with van der Waals surface area (Å²) in [5.74, 6) is 0.696. The van der Waals surface area contributed by atoms with Gasteiger partial charge in [-0.2, -0.15) is 5.10 Å². The van der Waals surface area contributed by atoms with Crippen molar-refractivity contribution in [2.45, 2.75) is 0 Å². The molecule has 0 radical (unpaired) electrons. The molecule has 0 fully saturated rings. The first kappa shape index (κ1) is 13.2. The van der Waals surface area contributed by atoms with Gasteiger partial charge in [-0.15, -0.1) is 0 Å². The maximum Gasteiger partial charge on any atom is 0.237 e. The number of nitrogens with one attached hydrogen (secondary N) is 2. The number of hydrogen-bond donors (Lipinski definition) is 3. The monoisotopic (exact) mass is 282 g/mol. The Morgan fingerprint density at radius 3 is 2.89 bits per heavy atom.